The quantitative estimate of drug-likeness (QED) is 0.531. The van der Waals surface area contributed by atoms with Crippen LogP contribution in [0.2, 0.25) is 0 Å². The molecule has 3 aromatic heterocycles. The highest BCUT2D eigenvalue weighted by Crippen LogP contribution is 2.44. The fourth-order valence-electron chi connectivity index (χ4n) is 4.94. The molecule has 1 N–H and O–H groups in total. The summed E-state index contributed by atoms with van der Waals surface area (Å²) in [7, 11) is 0. The molecule has 6 rings (SSSR count). The van der Waals surface area contributed by atoms with Gasteiger partial charge in [0.1, 0.15) is 12.0 Å². The minimum Gasteiger partial charge on any atom is -0.336 e. The number of nitrogens with zero attached hydrogens (tertiary/aromatic N) is 8. The van der Waals surface area contributed by atoms with Crippen LogP contribution in [0.15, 0.2) is 48.9 Å². The normalized spacial score (nSPS) is 19.9. The average molecular weight is 427 g/mol. The molecule has 32 heavy (non-hydrogen) atoms. The van der Waals surface area contributed by atoms with E-state index >= 15 is 0 Å². The van der Waals surface area contributed by atoms with Crippen LogP contribution in [-0.2, 0) is 11.8 Å². The number of aryl methyl sites for hydroxylation is 1. The summed E-state index contributed by atoms with van der Waals surface area (Å²) < 4.78 is 1.42. The predicted octanol–water partition coefficient (Wildman–Crippen LogP) is 1.96. The van der Waals surface area contributed by atoms with Crippen LogP contribution in [0.25, 0.3) is 17.2 Å². The second kappa shape index (κ2) is 7.33. The van der Waals surface area contributed by atoms with E-state index in [-0.39, 0.29) is 11.3 Å². The lowest BCUT2D eigenvalue weighted by atomic mass is 9.77. The summed E-state index contributed by atoms with van der Waals surface area (Å²) in [6.45, 7) is 1.36. The van der Waals surface area contributed by atoms with E-state index in [1.807, 2.05) is 41.4 Å². The molecule has 1 spiro atoms. The van der Waals surface area contributed by atoms with E-state index in [0.29, 0.717) is 24.6 Å². The second-order valence-electron chi connectivity index (χ2n) is 8.44. The molecule has 4 aromatic rings. The summed E-state index contributed by atoms with van der Waals surface area (Å²) in [6.07, 6.45) is 7.29. The highest BCUT2D eigenvalue weighted by atomic mass is 16.2. The van der Waals surface area contributed by atoms with Crippen LogP contribution in [0.3, 0.4) is 0 Å². The highest BCUT2D eigenvalue weighted by molar-refractivity contribution is 5.93. The maximum Gasteiger partial charge on any atom is 0.271 e. The molecule has 0 saturated carbocycles. The minimum absolute atomic E-state index is 0.0679. The van der Waals surface area contributed by atoms with Crippen molar-refractivity contribution in [1.29, 1.82) is 0 Å². The minimum atomic E-state index is -0.131. The van der Waals surface area contributed by atoms with Crippen LogP contribution in [-0.4, -0.2) is 64.3 Å². The van der Waals surface area contributed by atoms with Crippen molar-refractivity contribution in [3.63, 3.8) is 0 Å². The van der Waals surface area contributed by atoms with Gasteiger partial charge in [-0.15, -0.1) is 5.10 Å². The number of aromatic nitrogens is 8. The Morgan fingerprint density at radius 1 is 1.16 bits per heavy atom. The van der Waals surface area contributed by atoms with E-state index in [4.69, 9.17) is 4.98 Å². The number of piperidine rings is 1. The van der Waals surface area contributed by atoms with Gasteiger partial charge in [0.05, 0.1) is 5.69 Å². The molecule has 1 unspecified atom stereocenters. The molecule has 1 aromatic carbocycles. The number of likely N-dealkylation sites (tertiary alicyclic amines) is 1. The van der Waals surface area contributed by atoms with Crippen LogP contribution in [0.1, 0.15) is 41.0 Å². The summed E-state index contributed by atoms with van der Waals surface area (Å²) in [5.74, 6) is 1.16. The van der Waals surface area contributed by atoms with Crippen LogP contribution in [0.5, 0.6) is 0 Å². The molecule has 160 valence electrons. The molecule has 1 amide bonds. The number of rotatable bonds is 3. The predicted molar refractivity (Wildman–Crippen MR) is 114 cm³/mol. The maximum absolute atomic E-state index is 13.3. The van der Waals surface area contributed by atoms with Gasteiger partial charge in [-0.25, -0.2) is 9.97 Å². The first kappa shape index (κ1) is 18.8. The van der Waals surface area contributed by atoms with Crippen molar-refractivity contribution in [2.24, 2.45) is 0 Å². The van der Waals surface area contributed by atoms with Crippen molar-refractivity contribution in [3.05, 3.63) is 65.9 Å². The van der Waals surface area contributed by atoms with Crippen molar-refractivity contribution >= 4 is 5.91 Å². The van der Waals surface area contributed by atoms with Crippen LogP contribution in [0, 0.1) is 0 Å². The standard InChI is InChI=1S/C22H21N9O/c32-21(17-11-18(27-26-17)31-14-24-28-29-31)30-10-4-8-22(13-30)9-7-16-12-23-20(25-19(16)22)15-5-2-1-3-6-15/h1-3,5-6,11-12,14H,4,7-10,13H2,(H,26,27). The number of hydrogen-bond donors (Lipinski definition) is 1. The van der Waals surface area contributed by atoms with Gasteiger partial charge in [-0.3, -0.25) is 9.89 Å². The topological polar surface area (TPSA) is 118 Å². The van der Waals surface area contributed by atoms with Crippen LogP contribution < -0.4 is 0 Å². The van der Waals surface area contributed by atoms with Gasteiger partial charge in [0, 0.05) is 36.3 Å². The first-order chi connectivity index (χ1) is 15.7. The van der Waals surface area contributed by atoms with Crippen molar-refractivity contribution in [2.75, 3.05) is 13.1 Å². The van der Waals surface area contributed by atoms with E-state index in [1.54, 1.807) is 6.07 Å². The maximum atomic E-state index is 13.3. The van der Waals surface area contributed by atoms with E-state index in [1.165, 1.54) is 16.6 Å². The van der Waals surface area contributed by atoms with Crippen molar-refractivity contribution in [1.82, 2.24) is 45.3 Å². The zero-order chi connectivity index (χ0) is 21.5. The van der Waals surface area contributed by atoms with Gasteiger partial charge in [-0.05, 0) is 41.7 Å². The molecule has 1 aliphatic carbocycles. The van der Waals surface area contributed by atoms with E-state index < -0.39 is 0 Å². The molecule has 10 heteroatoms. The average Bonchev–Trinajstić information content (AvgIpc) is 3.60. The molecule has 1 saturated heterocycles. The van der Waals surface area contributed by atoms with Crippen LogP contribution in [0.4, 0.5) is 0 Å². The van der Waals surface area contributed by atoms with Crippen molar-refractivity contribution in [3.8, 4) is 17.2 Å². The van der Waals surface area contributed by atoms with Gasteiger partial charge >= 0.3 is 0 Å². The molecule has 1 fully saturated rings. The Bertz CT molecular complexity index is 1260. The van der Waals surface area contributed by atoms with Gasteiger partial charge in [0.2, 0.25) is 0 Å². The molecular formula is C22H21N9O. The van der Waals surface area contributed by atoms with Gasteiger partial charge in [-0.1, -0.05) is 30.3 Å². The third-order valence-electron chi connectivity index (χ3n) is 6.51. The Hall–Kier alpha value is -3.95. The second-order valence-corrected chi connectivity index (χ2v) is 8.44. The zero-order valence-electron chi connectivity index (χ0n) is 17.3. The third-order valence-corrected chi connectivity index (χ3v) is 6.51. The molecule has 0 bridgehead atoms. The first-order valence-electron chi connectivity index (χ1n) is 10.7. The largest absolute Gasteiger partial charge is 0.336 e. The van der Waals surface area contributed by atoms with Gasteiger partial charge in [0.15, 0.2) is 11.6 Å². The Morgan fingerprint density at radius 3 is 2.91 bits per heavy atom. The summed E-state index contributed by atoms with van der Waals surface area (Å²) >= 11 is 0. The highest BCUT2D eigenvalue weighted by Gasteiger charge is 2.45. The van der Waals surface area contributed by atoms with Crippen LogP contribution >= 0.6 is 0 Å². The number of fused-ring (bicyclic) bond motifs is 2. The Morgan fingerprint density at radius 2 is 2.06 bits per heavy atom. The summed E-state index contributed by atoms with van der Waals surface area (Å²) in [6, 6.07) is 11.7. The van der Waals surface area contributed by atoms with Gasteiger partial charge < -0.3 is 4.90 Å². The van der Waals surface area contributed by atoms with E-state index in [9.17, 15) is 4.79 Å². The van der Waals surface area contributed by atoms with Crippen molar-refractivity contribution in [2.45, 2.75) is 31.1 Å². The fourth-order valence-corrected chi connectivity index (χ4v) is 4.94. The Kier molecular flexibility index (Phi) is 4.30. The number of carbonyl (C=O) groups is 1. The third kappa shape index (κ3) is 3.06. The number of H-pyrrole nitrogens is 1. The molecule has 0 radical (unpaired) electrons. The number of benzene rings is 1. The SMILES string of the molecule is O=C(c1cc(-n2cnnn2)n[nH]1)N1CCCC2(CCc3cnc(-c4ccccc4)nc32)C1. The number of hydrogen-bond acceptors (Lipinski definition) is 7. The lowest BCUT2D eigenvalue weighted by molar-refractivity contribution is 0.0627. The molecule has 1 aliphatic heterocycles. The molecule has 4 heterocycles. The van der Waals surface area contributed by atoms with E-state index in [0.717, 1.165) is 42.8 Å². The number of tetrazole rings is 1. The fraction of sp³-hybridized carbons (Fsp3) is 0.318. The smallest absolute Gasteiger partial charge is 0.271 e. The number of carbonyl (C=O) groups excluding carboxylic acids is 1. The molecule has 1 atom stereocenters. The van der Waals surface area contributed by atoms with Crippen molar-refractivity contribution < 1.29 is 4.79 Å². The lowest BCUT2D eigenvalue weighted by Crippen LogP contribution is -2.48. The first-order valence-corrected chi connectivity index (χ1v) is 10.7. The van der Waals surface area contributed by atoms with E-state index in [2.05, 4.69) is 30.7 Å². The molecule has 10 nitrogen and oxygen atoms in total. The zero-order valence-corrected chi connectivity index (χ0v) is 17.3. The summed E-state index contributed by atoms with van der Waals surface area (Å²) in [4.78, 5) is 24.8. The van der Waals surface area contributed by atoms with Gasteiger partial charge in [0.25, 0.3) is 5.91 Å². The molecular weight excluding hydrogens is 406 g/mol. The Balaban J connectivity index is 1.29. The molecule has 2 aliphatic rings. The number of aromatic amines is 1. The number of nitrogens with one attached hydrogen (secondary N) is 1. The summed E-state index contributed by atoms with van der Waals surface area (Å²) in [5.41, 5.74) is 3.60. The van der Waals surface area contributed by atoms with Gasteiger partial charge in [-0.2, -0.15) is 9.78 Å². The number of amides is 1. The lowest BCUT2D eigenvalue weighted by Gasteiger charge is -2.40. The monoisotopic (exact) mass is 427 g/mol. The Labute approximate surface area is 183 Å². The summed E-state index contributed by atoms with van der Waals surface area (Å²) in [5, 5.41) is 18.1.